The summed E-state index contributed by atoms with van der Waals surface area (Å²) in [5.74, 6) is 0.821. The van der Waals surface area contributed by atoms with Crippen LogP contribution in [0.5, 0.6) is 0 Å². The van der Waals surface area contributed by atoms with E-state index >= 15 is 0 Å². The number of nitrogens with zero attached hydrogens (tertiary/aromatic N) is 2. The first-order valence-electron chi connectivity index (χ1n) is 7.47. The molecule has 21 heavy (non-hydrogen) atoms. The molecule has 0 radical (unpaired) electrons. The van der Waals surface area contributed by atoms with Crippen LogP contribution in [-0.4, -0.2) is 40.7 Å². The second-order valence-electron chi connectivity index (χ2n) is 6.14. The molecular weight excluding hydrogens is 266 g/mol. The Bertz CT molecular complexity index is 682. The van der Waals surface area contributed by atoms with Gasteiger partial charge in [0.05, 0.1) is 5.52 Å². The number of rotatable bonds is 2. The number of amides is 1. The van der Waals surface area contributed by atoms with Crippen LogP contribution in [-0.2, 0) is 0 Å². The lowest BCUT2D eigenvalue weighted by atomic mass is 9.82. The number of hydrogen-bond donors (Lipinski definition) is 3. The molecule has 3 unspecified atom stereocenters. The fraction of sp³-hybridized carbons (Fsp3) is 0.467. The Hall–Kier alpha value is -1.92. The van der Waals surface area contributed by atoms with Crippen LogP contribution in [0.25, 0.3) is 10.9 Å². The van der Waals surface area contributed by atoms with E-state index in [4.69, 9.17) is 5.73 Å². The van der Waals surface area contributed by atoms with E-state index in [1.165, 1.54) is 18.4 Å². The number of hydrogen-bond acceptors (Lipinski definition) is 4. The number of piperidine rings is 1. The van der Waals surface area contributed by atoms with Gasteiger partial charge in [-0.05, 0) is 36.3 Å². The Morgan fingerprint density at radius 3 is 3.10 bits per heavy atom. The van der Waals surface area contributed by atoms with Crippen LogP contribution < -0.4 is 11.2 Å². The van der Waals surface area contributed by atoms with E-state index in [1.54, 1.807) is 0 Å². The van der Waals surface area contributed by atoms with Gasteiger partial charge in [0.25, 0.3) is 5.91 Å². The number of fused-ring (bicyclic) bond motifs is 3. The van der Waals surface area contributed by atoms with Gasteiger partial charge in [-0.2, -0.15) is 5.10 Å². The number of H-pyrrole nitrogens is 1. The first kappa shape index (κ1) is 12.8. The summed E-state index contributed by atoms with van der Waals surface area (Å²) in [4.78, 5) is 11.3. The molecule has 4 rings (SSSR count). The predicted molar refractivity (Wildman–Crippen MR) is 79.7 cm³/mol. The standard InChI is InChI=1S/C15H19N5O/c16-15(21)14-12-2-1-10(6-13(12)18-19-14)11-5-9-3-4-17-20(7-9)8-11/h1-2,6,9,11,17H,3-5,7-8H2,(H2,16,21)(H,18,19). The molecule has 4 N–H and O–H groups in total. The molecule has 6 nitrogen and oxygen atoms in total. The molecule has 0 spiro atoms. The topological polar surface area (TPSA) is 87.0 Å². The summed E-state index contributed by atoms with van der Waals surface area (Å²) in [6.45, 7) is 3.30. The summed E-state index contributed by atoms with van der Waals surface area (Å²) in [5.41, 5.74) is 11.3. The van der Waals surface area contributed by atoms with Crippen LogP contribution in [0.2, 0.25) is 0 Å². The van der Waals surface area contributed by atoms with Crippen LogP contribution in [0.4, 0.5) is 0 Å². The normalized spacial score (nSPS) is 28.7. The first-order chi connectivity index (χ1) is 10.2. The summed E-state index contributed by atoms with van der Waals surface area (Å²) in [7, 11) is 0. The minimum atomic E-state index is -0.489. The molecule has 1 amide bonds. The highest BCUT2D eigenvalue weighted by Crippen LogP contribution is 2.34. The van der Waals surface area contributed by atoms with Crippen molar-refractivity contribution in [3.05, 3.63) is 29.5 Å². The third-order valence-electron chi connectivity index (χ3n) is 4.72. The lowest BCUT2D eigenvalue weighted by molar-refractivity contribution is 0.0575. The van der Waals surface area contributed by atoms with Crippen molar-refractivity contribution in [3.8, 4) is 0 Å². The SMILES string of the molecule is NC(=O)c1n[nH]c2cc(C3CC4CCNN(C4)C3)ccc12. The number of aromatic nitrogens is 2. The molecule has 0 saturated carbocycles. The minimum Gasteiger partial charge on any atom is -0.364 e. The predicted octanol–water partition coefficient (Wildman–Crippen LogP) is 0.976. The first-order valence-corrected chi connectivity index (χ1v) is 7.47. The van der Waals surface area contributed by atoms with Gasteiger partial charge < -0.3 is 5.73 Å². The van der Waals surface area contributed by atoms with E-state index in [0.717, 1.165) is 36.5 Å². The lowest BCUT2D eigenvalue weighted by Gasteiger charge is -2.42. The van der Waals surface area contributed by atoms with Gasteiger partial charge in [0.2, 0.25) is 0 Å². The van der Waals surface area contributed by atoms with Gasteiger partial charge in [-0.1, -0.05) is 12.1 Å². The molecule has 3 heterocycles. The van der Waals surface area contributed by atoms with Crippen molar-refractivity contribution in [1.82, 2.24) is 20.6 Å². The zero-order valence-corrected chi connectivity index (χ0v) is 11.8. The quantitative estimate of drug-likeness (QED) is 0.767. The number of aromatic amines is 1. The van der Waals surface area contributed by atoms with Crippen molar-refractivity contribution in [3.63, 3.8) is 0 Å². The molecule has 2 aliphatic rings. The molecular formula is C15H19N5O. The molecule has 3 atom stereocenters. The fourth-order valence-electron chi connectivity index (χ4n) is 3.69. The smallest absolute Gasteiger partial charge is 0.269 e. The second kappa shape index (κ2) is 4.82. The molecule has 1 aromatic heterocycles. The largest absolute Gasteiger partial charge is 0.364 e. The summed E-state index contributed by atoms with van der Waals surface area (Å²) < 4.78 is 0. The van der Waals surface area contributed by atoms with E-state index < -0.39 is 5.91 Å². The third kappa shape index (κ3) is 2.20. The summed E-state index contributed by atoms with van der Waals surface area (Å²) in [5, 5.41) is 10.1. The maximum atomic E-state index is 11.3. The number of nitrogens with two attached hydrogens (primary N) is 1. The summed E-state index contributed by atoms with van der Waals surface area (Å²) >= 11 is 0. The number of benzene rings is 1. The number of hydrazine groups is 1. The number of carbonyl (C=O) groups excluding carboxylic acids is 1. The molecule has 2 aromatic rings. The Morgan fingerprint density at radius 2 is 2.29 bits per heavy atom. The highest BCUT2D eigenvalue weighted by molar-refractivity contribution is 6.03. The molecule has 2 saturated heterocycles. The summed E-state index contributed by atoms with van der Waals surface area (Å²) in [6.07, 6.45) is 2.49. The van der Waals surface area contributed by atoms with Crippen LogP contribution in [0.1, 0.15) is 34.8 Å². The molecule has 110 valence electrons. The van der Waals surface area contributed by atoms with E-state index in [-0.39, 0.29) is 0 Å². The van der Waals surface area contributed by atoms with E-state index in [0.29, 0.717) is 11.6 Å². The zero-order valence-electron chi connectivity index (χ0n) is 11.8. The molecule has 0 aliphatic carbocycles. The van der Waals surface area contributed by atoms with Gasteiger partial charge in [0, 0.05) is 25.0 Å². The maximum Gasteiger partial charge on any atom is 0.269 e. The molecule has 2 bridgehead atoms. The van der Waals surface area contributed by atoms with E-state index in [9.17, 15) is 4.79 Å². The second-order valence-corrected chi connectivity index (χ2v) is 6.14. The van der Waals surface area contributed by atoms with Gasteiger partial charge in [-0.3, -0.25) is 15.3 Å². The van der Waals surface area contributed by atoms with Gasteiger partial charge in [-0.15, -0.1) is 0 Å². The summed E-state index contributed by atoms with van der Waals surface area (Å²) in [6, 6.07) is 6.18. The number of nitrogens with one attached hydrogen (secondary N) is 2. The fourth-order valence-corrected chi connectivity index (χ4v) is 3.69. The van der Waals surface area contributed by atoms with Gasteiger partial charge in [0.15, 0.2) is 5.69 Å². The van der Waals surface area contributed by atoms with Crippen molar-refractivity contribution in [2.24, 2.45) is 11.7 Å². The highest BCUT2D eigenvalue weighted by Gasteiger charge is 2.31. The van der Waals surface area contributed by atoms with Crippen molar-refractivity contribution in [2.45, 2.75) is 18.8 Å². The van der Waals surface area contributed by atoms with Crippen molar-refractivity contribution < 1.29 is 4.79 Å². The number of carbonyl (C=O) groups is 1. The Balaban J connectivity index is 1.66. The lowest BCUT2D eigenvalue weighted by Crippen LogP contribution is -2.52. The maximum absolute atomic E-state index is 11.3. The molecule has 2 fully saturated rings. The third-order valence-corrected chi connectivity index (χ3v) is 4.72. The van der Waals surface area contributed by atoms with Gasteiger partial charge in [-0.25, -0.2) is 5.01 Å². The van der Waals surface area contributed by atoms with Gasteiger partial charge >= 0.3 is 0 Å². The average molecular weight is 285 g/mol. The Morgan fingerprint density at radius 1 is 1.38 bits per heavy atom. The highest BCUT2D eigenvalue weighted by atomic mass is 16.1. The van der Waals surface area contributed by atoms with Crippen molar-refractivity contribution >= 4 is 16.8 Å². The average Bonchev–Trinajstić information content (AvgIpc) is 2.90. The van der Waals surface area contributed by atoms with Crippen LogP contribution in [0, 0.1) is 5.92 Å². The van der Waals surface area contributed by atoms with Crippen molar-refractivity contribution in [2.75, 3.05) is 19.6 Å². The van der Waals surface area contributed by atoms with Gasteiger partial charge in [0.1, 0.15) is 0 Å². The van der Waals surface area contributed by atoms with E-state index in [2.05, 4.69) is 32.8 Å². The van der Waals surface area contributed by atoms with Crippen molar-refractivity contribution in [1.29, 1.82) is 0 Å². The minimum absolute atomic E-state index is 0.322. The monoisotopic (exact) mass is 285 g/mol. The molecule has 6 heteroatoms. The van der Waals surface area contributed by atoms with E-state index in [1.807, 2.05) is 6.07 Å². The Labute approximate surface area is 122 Å². The van der Waals surface area contributed by atoms with Crippen LogP contribution in [0.15, 0.2) is 18.2 Å². The molecule has 1 aromatic carbocycles. The molecule has 2 aliphatic heterocycles. The number of primary amides is 1. The van der Waals surface area contributed by atoms with Crippen LogP contribution >= 0.6 is 0 Å². The zero-order chi connectivity index (χ0) is 14.4. The van der Waals surface area contributed by atoms with Crippen LogP contribution in [0.3, 0.4) is 0 Å². The Kier molecular flexibility index (Phi) is 2.94.